The van der Waals surface area contributed by atoms with Gasteiger partial charge >= 0.3 is 12.1 Å². The van der Waals surface area contributed by atoms with Gasteiger partial charge in [-0.2, -0.15) is 0 Å². The van der Waals surface area contributed by atoms with E-state index in [9.17, 15) is 43.2 Å². The number of ether oxygens (including phenoxy) is 14. The van der Waals surface area contributed by atoms with Gasteiger partial charge in [0, 0.05) is 40.6 Å². The van der Waals surface area contributed by atoms with Crippen LogP contribution in [0.2, 0.25) is 0 Å². The molecule has 6 aliphatic heterocycles. The number of fused-ring (bicyclic) bond motifs is 3. The van der Waals surface area contributed by atoms with Crippen LogP contribution in [0.25, 0.3) is 0 Å². The van der Waals surface area contributed by atoms with Crippen LogP contribution in [0.5, 0.6) is 0 Å². The Kier molecular flexibility index (Phi) is 22.4. The molecule has 31 nitrogen and oxygen atoms in total. The number of amides is 8. The van der Waals surface area contributed by atoms with Crippen molar-refractivity contribution >= 4 is 53.4 Å². The maximum absolute atomic E-state index is 14.1. The monoisotopic (exact) mass is 1220 g/mol. The van der Waals surface area contributed by atoms with E-state index in [1.165, 1.54) is 63.1 Å². The number of esters is 1. The van der Waals surface area contributed by atoms with E-state index < -0.39 is 218 Å². The first-order chi connectivity index (χ1) is 39.5. The second-order valence-electron chi connectivity index (χ2n) is 24.3. The van der Waals surface area contributed by atoms with Crippen LogP contribution in [0, 0.1) is 0 Å². The molecule has 0 aliphatic carbocycles. The summed E-state index contributed by atoms with van der Waals surface area (Å²) in [5, 5.41) is 21.0. The van der Waals surface area contributed by atoms with Crippen LogP contribution < -0.4 is 42.5 Å². The summed E-state index contributed by atoms with van der Waals surface area (Å²) in [4.78, 5) is 121. The molecular formula is C54H88N8O23. The Bertz CT molecular complexity index is 2440. The molecular weight excluding hydrogens is 1130 g/mol. The fraction of sp³-hybridized carbons (Fsp3) is 0.833. The number of rotatable bonds is 25. The Labute approximate surface area is 493 Å². The lowest BCUT2D eigenvalue weighted by atomic mass is 9.99. The van der Waals surface area contributed by atoms with E-state index in [0.29, 0.717) is 0 Å². The number of alkyl carbamates (subject to hydrolysis) is 1. The maximum atomic E-state index is 14.1. The van der Waals surface area contributed by atoms with Crippen LogP contribution in [0.1, 0.15) is 116 Å². The quantitative estimate of drug-likeness (QED) is 0.0477. The third-order valence-electron chi connectivity index (χ3n) is 14.6. The van der Waals surface area contributed by atoms with Gasteiger partial charge in [0.05, 0.1) is 25.2 Å². The number of nitrogens with one attached hydrogen (secondary N) is 8. The zero-order valence-electron chi connectivity index (χ0n) is 51.6. The first-order valence-electron chi connectivity index (χ1n) is 28.3. The standard InChI is InChI=1S/C54H88N8O23/c1-22(42(66)58-24(3)43(67)59-25(4)45(69)61-28(20-32(65)57-26(5)46(70)75-18)34-37(73-16)40-48(77-34)83-53(11,12)80-40)55-30(63)19-27(33-36(72-15)39-47(76-33)82-52(9,10)79-39)60-44(68)23(2)56-31(64)21-29(62-50(71)85-51(6,7)8)35-38(74-17)41-49(78-35)84-54(13,14)81-41/h22-29,33-41,47-49H,19-21H2,1-18H3,(H,55,63)(H,56,64)(H,57,65)(H,58,66)(H,59,67)(H,60,68)(H,61,69)(H,62,71)/t22-,23-,24-,25-,26-,27-,28-,29-,33+,34+,35+,36-,37-,38-,39+,40+,41+,47+,48+,49+/m0/s1. The molecule has 0 aromatic heterocycles. The molecule has 0 aromatic carbocycles. The normalized spacial score (nSPS) is 31.4. The van der Waals surface area contributed by atoms with Crippen LogP contribution in [0.15, 0.2) is 0 Å². The highest BCUT2D eigenvalue weighted by Crippen LogP contribution is 2.42. The summed E-state index contributed by atoms with van der Waals surface area (Å²) in [7, 11) is 5.38. The number of hydrogen-bond donors (Lipinski definition) is 8. The molecule has 6 heterocycles. The van der Waals surface area contributed by atoms with Crippen LogP contribution in [-0.4, -0.2) is 227 Å². The highest BCUT2D eigenvalue weighted by atomic mass is 16.9. The largest absolute Gasteiger partial charge is 0.467 e. The molecule has 0 radical (unpaired) electrons. The molecule has 0 aromatic rings. The lowest BCUT2D eigenvalue weighted by Crippen LogP contribution is -2.58. The van der Waals surface area contributed by atoms with Gasteiger partial charge < -0.3 is 109 Å². The van der Waals surface area contributed by atoms with Crippen LogP contribution in [0.4, 0.5) is 4.79 Å². The summed E-state index contributed by atoms with van der Waals surface area (Å²) < 4.78 is 81.8. The van der Waals surface area contributed by atoms with Crippen LogP contribution in [0.3, 0.4) is 0 Å². The minimum absolute atomic E-state index is 0.413. The van der Waals surface area contributed by atoms with E-state index in [1.54, 1.807) is 62.3 Å². The van der Waals surface area contributed by atoms with Crippen molar-refractivity contribution in [3.8, 4) is 0 Å². The van der Waals surface area contributed by atoms with Crippen molar-refractivity contribution in [2.75, 3.05) is 28.4 Å². The molecule has 20 atom stereocenters. The molecule has 0 bridgehead atoms. The van der Waals surface area contributed by atoms with Gasteiger partial charge in [0.1, 0.15) is 90.7 Å². The molecule has 0 spiro atoms. The zero-order valence-corrected chi connectivity index (χ0v) is 51.6. The van der Waals surface area contributed by atoms with Crippen molar-refractivity contribution in [3.05, 3.63) is 0 Å². The fourth-order valence-corrected chi connectivity index (χ4v) is 10.8. The van der Waals surface area contributed by atoms with Crippen molar-refractivity contribution in [1.82, 2.24) is 42.5 Å². The summed E-state index contributed by atoms with van der Waals surface area (Å²) in [6, 6.07) is -9.53. The molecule has 6 rings (SSSR count). The maximum Gasteiger partial charge on any atom is 0.407 e. The highest BCUT2D eigenvalue weighted by molar-refractivity contribution is 5.94. The van der Waals surface area contributed by atoms with Gasteiger partial charge in [-0.15, -0.1) is 0 Å². The van der Waals surface area contributed by atoms with Crippen molar-refractivity contribution in [3.63, 3.8) is 0 Å². The van der Waals surface area contributed by atoms with Gasteiger partial charge in [-0.25, -0.2) is 9.59 Å². The molecule has 6 aliphatic rings. The van der Waals surface area contributed by atoms with Crippen molar-refractivity contribution in [2.45, 2.75) is 261 Å². The topological polar surface area (TPSA) is 379 Å². The second-order valence-corrected chi connectivity index (χ2v) is 24.3. The highest BCUT2D eigenvalue weighted by Gasteiger charge is 2.60. The zero-order chi connectivity index (χ0) is 63.4. The third kappa shape index (κ3) is 17.6. The predicted molar refractivity (Wildman–Crippen MR) is 289 cm³/mol. The van der Waals surface area contributed by atoms with Crippen molar-refractivity contribution in [2.24, 2.45) is 0 Å². The van der Waals surface area contributed by atoms with Crippen molar-refractivity contribution in [1.29, 1.82) is 0 Å². The first-order valence-corrected chi connectivity index (χ1v) is 28.3. The lowest BCUT2D eigenvalue weighted by molar-refractivity contribution is -0.220. The Morgan fingerprint density at radius 2 is 0.694 bits per heavy atom. The third-order valence-corrected chi connectivity index (χ3v) is 14.6. The number of hydrogen-bond acceptors (Lipinski definition) is 23. The first kappa shape index (κ1) is 68.7. The molecule has 85 heavy (non-hydrogen) atoms. The molecule has 8 N–H and O–H groups in total. The Hall–Kier alpha value is -5.45. The smallest absolute Gasteiger partial charge is 0.407 e. The average molecular weight is 1220 g/mol. The number of carbonyl (C=O) groups excluding carboxylic acids is 9. The molecule has 8 amide bonds. The van der Waals surface area contributed by atoms with E-state index in [2.05, 4.69) is 42.5 Å². The average Bonchev–Trinajstić information content (AvgIpc) is 1.96. The van der Waals surface area contributed by atoms with Gasteiger partial charge in [0.25, 0.3) is 0 Å². The summed E-state index contributed by atoms with van der Waals surface area (Å²) in [6.45, 7) is 22.0. The SMILES string of the molecule is COC(=O)[C@H](C)NC(=O)C[C@H](NC(=O)[C@H](C)NC(=O)[C@H](C)NC(=O)[C@H](C)NC(=O)C[C@H](NC(=O)[C@H](C)NC(=O)C[C@H](NC(=O)OC(C)(C)C)[C@H]1O[C@@H]2OC(C)(C)O[C@@H]2[C@H]1OC)[C@H]1O[C@@H]2OC(C)(C)O[C@@H]2[C@H]1OC)[C@H]1O[C@@H]2OC(C)(C)O[C@@H]2[C@H]1OC. The Morgan fingerprint density at radius 3 is 0.988 bits per heavy atom. The molecule has 0 unspecified atom stereocenters. The van der Waals surface area contributed by atoms with Gasteiger partial charge in [0.15, 0.2) is 36.2 Å². The van der Waals surface area contributed by atoms with Crippen molar-refractivity contribution < 1.29 is 109 Å². The van der Waals surface area contributed by atoms with Gasteiger partial charge in [-0.1, -0.05) is 0 Å². The predicted octanol–water partition coefficient (Wildman–Crippen LogP) is -1.61. The summed E-state index contributed by atoms with van der Waals surface area (Å²) in [6.07, 6.45) is -12.8. The Balaban J connectivity index is 1.07. The summed E-state index contributed by atoms with van der Waals surface area (Å²) in [5.41, 5.74) is -0.900. The summed E-state index contributed by atoms with van der Waals surface area (Å²) >= 11 is 0. The number of methoxy groups -OCH3 is 4. The van der Waals surface area contributed by atoms with E-state index >= 15 is 0 Å². The summed E-state index contributed by atoms with van der Waals surface area (Å²) in [5.74, 6) is -9.04. The lowest BCUT2D eigenvalue weighted by Gasteiger charge is -2.32. The molecule has 6 fully saturated rings. The molecule has 482 valence electrons. The minimum Gasteiger partial charge on any atom is -0.467 e. The van der Waals surface area contributed by atoms with E-state index in [-0.39, 0.29) is 0 Å². The van der Waals surface area contributed by atoms with E-state index in [4.69, 9.17) is 66.3 Å². The second kappa shape index (κ2) is 27.7. The fourth-order valence-electron chi connectivity index (χ4n) is 10.8. The van der Waals surface area contributed by atoms with E-state index in [1.807, 2.05) is 0 Å². The minimum atomic E-state index is -1.28. The van der Waals surface area contributed by atoms with Gasteiger partial charge in [-0.3, -0.25) is 33.6 Å². The van der Waals surface area contributed by atoms with Gasteiger partial charge in [0.2, 0.25) is 41.4 Å². The van der Waals surface area contributed by atoms with E-state index in [0.717, 1.165) is 0 Å². The van der Waals surface area contributed by atoms with Crippen LogP contribution in [-0.2, 0) is 105 Å². The molecule has 6 saturated heterocycles. The number of carbonyl (C=O) groups is 9. The van der Waals surface area contributed by atoms with Gasteiger partial charge in [-0.05, 0) is 96.9 Å². The Morgan fingerprint density at radius 1 is 0.412 bits per heavy atom. The molecule has 31 heteroatoms. The molecule has 0 saturated carbocycles. The van der Waals surface area contributed by atoms with Crippen LogP contribution >= 0.6 is 0 Å².